The largest absolute Gasteiger partial charge is 0.384 e. The van der Waals surface area contributed by atoms with E-state index in [9.17, 15) is 9.18 Å². The summed E-state index contributed by atoms with van der Waals surface area (Å²) in [7, 11) is 0. The van der Waals surface area contributed by atoms with Gasteiger partial charge in [-0.15, -0.1) is 0 Å². The molecule has 0 saturated carbocycles. The molecule has 0 amide bonds. The van der Waals surface area contributed by atoms with Crippen LogP contribution in [-0.2, 0) is 6.42 Å². The summed E-state index contributed by atoms with van der Waals surface area (Å²) in [6.07, 6.45) is 1.89. The Kier molecular flexibility index (Phi) is 4.88. The van der Waals surface area contributed by atoms with Crippen LogP contribution in [0, 0.1) is 5.82 Å². The van der Waals surface area contributed by atoms with Crippen LogP contribution in [0.5, 0.6) is 0 Å². The molecule has 2 rings (SSSR count). The minimum atomic E-state index is -0.467. The summed E-state index contributed by atoms with van der Waals surface area (Å²) >= 11 is 0. The number of aryl methyl sites for hydroxylation is 1. The summed E-state index contributed by atoms with van der Waals surface area (Å²) in [5.74, 6) is -0.723. The van der Waals surface area contributed by atoms with Gasteiger partial charge in [-0.25, -0.2) is 4.39 Å². The highest BCUT2D eigenvalue weighted by Crippen LogP contribution is 2.19. The number of hydrogen-bond donors (Lipinski definition) is 1. The van der Waals surface area contributed by atoms with Gasteiger partial charge in [0.25, 0.3) is 0 Å². The van der Waals surface area contributed by atoms with Crippen LogP contribution in [-0.4, -0.2) is 12.3 Å². The van der Waals surface area contributed by atoms with Crippen LogP contribution in [0.15, 0.2) is 48.5 Å². The van der Waals surface area contributed by atoms with Crippen molar-refractivity contribution in [3.63, 3.8) is 0 Å². The third kappa shape index (κ3) is 3.67. The Morgan fingerprint density at radius 1 is 1.10 bits per heavy atom. The van der Waals surface area contributed by atoms with E-state index in [1.54, 1.807) is 12.1 Å². The maximum Gasteiger partial charge on any atom is 0.164 e. The van der Waals surface area contributed by atoms with Gasteiger partial charge in [0.1, 0.15) is 5.82 Å². The summed E-state index contributed by atoms with van der Waals surface area (Å²) in [5, 5.41) is 3.14. The quantitative estimate of drug-likeness (QED) is 0.633. The second-order valence-electron chi connectivity index (χ2n) is 4.73. The van der Waals surface area contributed by atoms with Gasteiger partial charge in [-0.2, -0.15) is 0 Å². The second-order valence-corrected chi connectivity index (χ2v) is 4.73. The van der Waals surface area contributed by atoms with Crippen molar-refractivity contribution in [1.82, 2.24) is 0 Å². The summed E-state index contributed by atoms with van der Waals surface area (Å²) < 4.78 is 13.6. The molecule has 0 heterocycles. The van der Waals surface area contributed by atoms with Crippen molar-refractivity contribution in [1.29, 1.82) is 0 Å². The molecule has 0 saturated heterocycles. The van der Waals surface area contributed by atoms with Crippen molar-refractivity contribution < 1.29 is 9.18 Å². The van der Waals surface area contributed by atoms with Crippen LogP contribution in [0.4, 0.5) is 10.1 Å². The molecule has 2 aromatic rings. The van der Waals surface area contributed by atoms with Crippen molar-refractivity contribution in [3.05, 3.63) is 65.5 Å². The number of rotatable bonds is 6. The third-order valence-corrected chi connectivity index (χ3v) is 3.17. The first-order valence-corrected chi connectivity index (χ1v) is 6.75. The fourth-order valence-corrected chi connectivity index (χ4v) is 2.19. The number of carbonyl (C=O) groups is 1. The normalized spacial score (nSPS) is 10.3. The molecule has 0 aliphatic heterocycles. The van der Waals surface area contributed by atoms with Crippen LogP contribution in [0.2, 0.25) is 0 Å². The standard InChI is InChI=1S/C17H18FNO/c1-13(20)17-15(18)10-5-11-16(17)19-12-6-9-14-7-3-2-4-8-14/h2-5,7-8,10-11,19H,6,9,12H2,1H3. The fourth-order valence-electron chi connectivity index (χ4n) is 2.19. The molecule has 2 nitrogen and oxygen atoms in total. The summed E-state index contributed by atoms with van der Waals surface area (Å²) in [6.45, 7) is 2.09. The Bertz CT molecular complexity index is 581. The molecule has 0 spiro atoms. The van der Waals surface area contributed by atoms with Crippen molar-refractivity contribution in [2.45, 2.75) is 19.8 Å². The van der Waals surface area contributed by atoms with E-state index >= 15 is 0 Å². The highest BCUT2D eigenvalue weighted by molar-refractivity contribution is 5.99. The number of anilines is 1. The molecule has 0 fully saturated rings. The van der Waals surface area contributed by atoms with E-state index in [4.69, 9.17) is 0 Å². The lowest BCUT2D eigenvalue weighted by atomic mass is 10.1. The molecule has 104 valence electrons. The zero-order chi connectivity index (χ0) is 14.4. The Morgan fingerprint density at radius 2 is 1.85 bits per heavy atom. The van der Waals surface area contributed by atoms with Gasteiger partial charge in [0.15, 0.2) is 5.78 Å². The van der Waals surface area contributed by atoms with Gasteiger partial charge >= 0.3 is 0 Å². The van der Waals surface area contributed by atoms with E-state index in [0.717, 1.165) is 12.8 Å². The monoisotopic (exact) mass is 271 g/mol. The summed E-state index contributed by atoms with van der Waals surface area (Å²) in [5.41, 5.74) is 2.00. The van der Waals surface area contributed by atoms with E-state index in [2.05, 4.69) is 17.4 Å². The lowest BCUT2D eigenvalue weighted by molar-refractivity contribution is 0.101. The first-order valence-electron chi connectivity index (χ1n) is 6.75. The van der Waals surface area contributed by atoms with Gasteiger partial charge in [-0.3, -0.25) is 4.79 Å². The topological polar surface area (TPSA) is 29.1 Å². The highest BCUT2D eigenvalue weighted by atomic mass is 19.1. The third-order valence-electron chi connectivity index (χ3n) is 3.17. The zero-order valence-electron chi connectivity index (χ0n) is 11.5. The number of Topliss-reactive ketones (excluding diaryl/α,β-unsaturated/α-hetero) is 1. The van der Waals surface area contributed by atoms with Gasteiger partial charge < -0.3 is 5.32 Å². The van der Waals surface area contributed by atoms with Gasteiger partial charge in [-0.1, -0.05) is 36.4 Å². The van der Waals surface area contributed by atoms with Gasteiger partial charge in [0.05, 0.1) is 5.56 Å². The van der Waals surface area contributed by atoms with Crippen molar-refractivity contribution in [2.75, 3.05) is 11.9 Å². The SMILES string of the molecule is CC(=O)c1c(F)cccc1NCCCc1ccccc1. The van der Waals surface area contributed by atoms with E-state index in [0.29, 0.717) is 12.2 Å². The Labute approximate surface area is 118 Å². The molecule has 0 aliphatic rings. The Hall–Kier alpha value is -2.16. The van der Waals surface area contributed by atoms with Gasteiger partial charge in [-0.05, 0) is 37.5 Å². The van der Waals surface area contributed by atoms with Crippen LogP contribution in [0.25, 0.3) is 0 Å². The highest BCUT2D eigenvalue weighted by Gasteiger charge is 2.12. The van der Waals surface area contributed by atoms with Crippen molar-refractivity contribution in [2.24, 2.45) is 0 Å². The number of carbonyl (C=O) groups excluding carboxylic acids is 1. The summed E-state index contributed by atoms with van der Waals surface area (Å²) in [6, 6.07) is 14.9. The fraction of sp³-hybridized carbons (Fsp3) is 0.235. The van der Waals surface area contributed by atoms with E-state index in [1.807, 2.05) is 18.2 Å². The minimum Gasteiger partial charge on any atom is -0.384 e. The van der Waals surface area contributed by atoms with E-state index in [-0.39, 0.29) is 11.3 Å². The number of halogens is 1. The van der Waals surface area contributed by atoms with Crippen molar-refractivity contribution in [3.8, 4) is 0 Å². The van der Waals surface area contributed by atoms with Crippen LogP contribution >= 0.6 is 0 Å². The van der Waals surface area contributed by atoms with Gasteiger partial charge in [0, 0.05) is 12.2 Å². The molecule has 1 N–H and O–H groups in total. The molecule has 2 aromatic carbocycles. The van der Waals surface area contributed by atoms with E-state index < -0.39 is 5.82 Å². The maximum absolute atomic E-state index is 13.6. The molecule has 3 heteroatoms. The first kappa shape index (κ1) is 14.3. The molecule has 0 unspecified atom stereocenters. The molecule has 0 bridgehead atoms. The van der Waals surface area contributed by atoms with Crippen LogP contribution < -0.4 is 5.32 Å². The lowest BCUT2D eigenvalue weighted by Gasteiger charge is -2.11. The average Bonchev–Trinajstić information content (AvgIpc) is 2.44. The summed E-state index contributed by atoms with van der Waals surface area (Å²) in [4.78, 5) is 11.5. The number of hydrogen-bond acceptors (Lipinski definition) is 2. The minimum absolute atomic E-state index is 0.146. The average molecular weight is 271 g/mol. The predicted octanol–water partition coefficient (Wildman–Crippen LogP) is 4.07. The molecule has 20 heavy (non-hydrogen) atoms. The smallest absolute Gasteiger partial charge is 0.164 e. The zero-order valence-corrected chi connectivity index (χ0v) is 11.5. The molecule has 0 atom stereocenters. The number of ketones is 1. The Balaban J connectivity index is 1.92. The molecule has 0 radical (unpaired) electrons. The number of nitrogens with one attached hydrogen (secondary N) is 1. The predicted molar refractivity (Wildman–Crippen MR) is 79.7 cm³/mol. The van der Waals surface area contributed by atoms with Crippen molar-refractivity contribution >= 4 is 11.5 Å². The lowest BCUT2D eigenvalue weighted by Crippen LogP contribution is -2.09. The van der Waals surface area contributed by atoms with E-state index in [1.165, 1.54) is 18.6 Å². The molecular formula is C17H18FNO. The Morgan fingerprint density at radius 3 is 2.55 bits per heavy atom. The number of benzene rings is 2. The molecule has 0 aromatic heterocycles. The molecule has 0 aliphatic carbocycles. The first-order chi connectivity index (χ1) is 9.68. The van der Waals surface area contributed by atoms with Crippen LogP contribution in [0.3, 0.4) is 0 Å². The van der Waals surface area contributed by atoms with Gasteiger partial charge in [0.2, 0.25) is 0 Å². The second kappa shape index (κ2) is 6.85. The molecular weight excluding hydrogens is 253 g/mol. The van der Waals surface area contributed by atoms with Crippen LogP contribution in [0.1, 0.15) is 29.3 Å². The maximum atomic E-state index is 13.6.